The number of nitrogens with zero attached hydrogens (tertiary/aromatic N) is 3. The first-order valence-corrected chi connectivity index (χ1v) is 7.78. The summed E-state index contributed by atoms with van der Waals surface area (Å²) in [4.78, 5) is 23.7. The average molecular weight is 328 g/mol. The van der Waals surface area contributed by atoms with Crippen molar-refractivity contribution in [1.82, 2.24) is 25.4 Å². The molecular formula is C16H20N6O2. The van der Waals surface area contributed by atoms with Crippen LogP contribution in [0.15, 0.2) is 22.7 Å². The van der Waals surface area contributed by atoms with E-state index >= 15 is 0 Å². The van der Waals surface area contributed by atoms with Crippen LogP contribution in [0, 0.1) is 12.8 Å². The highest BCUT2D eigenvalue weighted by atomic mass is 16.5. The number of nitrogens with one attached hydrogen (secondary N) is 2. The van der Waals surface area contributed by atoms with E-state index in [4.69, 9.17) is 10.3 Å². The van der Waals surface area contributed by atoms with Crippen molar-refractivity contribution < 1.29 is 9.32 Å². The van der Waals surface area contributed by atoms with Gasteiger partial charge in [0.25, 0.3) is 0 Å². The molecule has 0 bridgehead atoms. The van der Waals surface area contributed by atoms with Crippen LogP contribution in [0.2, 0.25) is 0 Å². The second kappa shape index (κ2) is 6.40. The molecule has 0 saturated heterocycles. The highest BCUT2D eigenvalue weighted by Crippen LogP contribution is 2.27. The molecule has 0 saturated carbocycles. The fraction of sp³-hybridized carbons (Fsp3) is 0.375. The van der Waals surface area contributed by atoms with Gasteiger partial charge in [0.1, 0.15) is 11.9 Å². The number of fused-ring (bicyclic) bond motifs is 1. The summed E-state index contributed by atoms with van der Waals surface area (Å²) in [5.74, 6) is 1.42. The van der Waals surface area contributed by atoms with Gasteiger partial charge < -0.3 is 20.6 Å². The third-order valence-electron chi connectivity index (χ3n) is 3.75. The SMILES string of the molecule is Cc1nc2c(-c3noc([C@H](NC(=O)CN)C(C)C)n3)cccc2[nH]1. The normalized spacial score (nSPS) is 12.7. The Kier molecular flexibility index (Phi) is 4.30. The van der Waals surface area contributed by atoms with Gasteiger partial charge in [0, 0.05) is 0 Å². The fourth-order valence-corrected chi connectivity index (χ4v) is 2.55. The lowest BCUT2D eigenvalue weighted by molar-refractivity contribution is -0.121. The zero-order valence-corrected chi connectivity index (χ0v) is 13.8. The Labute approximate surface area is 138 Å². The largest absolute Gasteiger partial charge is 0.343 e. The lowest BCUT2D eigenvalue weighted by Crippen LogP contribution is -2.36. The Morgan fingerprint density at radius 3 is 2.88 bits per heavy atom. The van der Waals surface area contributed by atoms with Crippen molar-refractivity contribution in [3.05, 3.63) is 29.9 Å². The van der Waals surface area contributed by atoms with Gasteiger partial charge in [-0.1, -0.05) is 25.1 Å². The maximum absolute atomic E-state index is 11.6. The summed E-state index contributed by atoms with van der Waals surface area (Å²) in [7, 11) is 0. The van der Waals surface area contributed by atoms with Crippen molar-refractivity contribution in [3.8, 4) is 11.4 Å². The predicted molar refractivity (Wildman–Crippen MR) is 88.9 cm³/mol. The Hall–Kier alpha value is -2.74. The standard InChI is InChI=1S/C16H20N6O2/c1-8(2)13(20-12(23)7-17)16-21-15(22-24-16)10-5-4-6-11-14(10)19-9(3)18-11/h4-6,8,13H,7,17H2,1-3H3,(H,18,19)(H,20,23)/t13-/m1/s1. The van der Waals surface area contributed by atoms with Crippen LogP contribution in [0.5, 0.6) is 0 Å². The number of amides is 1. The van der Waals surface area contributed by atoms with Gasteiger partial charge in [0.2, 0.25) is 17.6 Å². The van der Waals surface area contributed by atoms with Crippen LogP contribution < -0.4 is 11.1 Å². The molecule has 126 valence electrons. The first-order chi connectivity index (χ1) is 11.5. The minimum Gasteiger partial charge on any atom is -0.343 e. The molecule has 1 atom stereocenters. The maximum atomic E-state index is 11.6. The van der Waals surface area contributed by atoms with Crippen LogP contribution in [0.25, 0.3) is 22.4 Å². The van der Waals surface area contributed by atoms with E-state index in [2.05, 4.69) is 25.4 Å². The molecule has 0 unspecified atom stereocenters. The number of hydrogen-bond acceptors (Lipinski definition) is 6. The highest BCUT2D eigenvalue weighted by molar-refractivity contribution is 5.89. The highest BCUT2D eigenvalue weighted by Gasteiger charge is 2.25. The van der Waals surface area contributed by atoms with E-state index in [9.17, 15) is 4.79 Å². The number of imidazole rings is 1. The first kappa shape index (κ1) is 16.1. The number of aryl methyl sites for hydroxylation is 1. The topological polar surface area (TPSA) is 123 Å². The van der Waals surface area contributed by atoms with E-state index in [0.29, 0.717) is 11.7 Å². The van der Waals surface area contributed by atoms with Crippen molar-refractivity contribution >= 4 is 16.9 Å². The molecule has 3 aromatic rings. The molecule has 0 spiro atoms. The first-order valence-electron chi connectivity index (χ1n) is 7.78. The van der Waals surface area contributed by atoms with Gasteiger partial charge in [-0.2, -0.15) is 4.98 Å². The van der Waals surface area contributed by atoms with Gasteiger partial charge in [-0.15, -0.1) is 0 Å². The van der Waals surface area contributed by atoms with Crippen LogP contribution in [0.1, 0.15) is 31.6 Å². The molecule has 0 fully saturated rings. The molecule has 4 N–H and O–H groups in total. The number of benzene rings is 1. The molecule has 0 aliphatic carbocycles. The molecule has 8 nitrogen and oxygen atoms in total. The van der Waals surface area contributed by atoms with Gasteiger partial charge in [0.05, 0.1) is 23.1 Å². The number of aromatic nitrogens is 4. The number of carbonyl (C=O) groups is 1. The van der Waals surface area contributed by atoms with Crippen molar-refractivity contribution in [2.75, 3.05) is 6.54 Å². The number of rotatable bonds is 5. The molecule has 8 heteroatoms. The number of para-hydroxylation sites is 1. The summed E-state index contributed by atoms with van der Waals surface area (Å²) in [6.45, 7) is 5.73. The van der Waals surface area contributed by atoms with Crippen LogP contribution in [-0.4, -0.2) is 32.6 Å². The second-order valence-corrected chi connectivity index (χ2v) is 5.97. The lowest BCUT2D eigenvalue weighted by Gasteiger charge is -2.17. The van der Waals surface area contributed by atoms with E-state index in [-0.39, 0.29) is 24.4 Å². The van der Waals surface area contributed by atoms with Crippen molar-refractivity contribution in [3.63, 3.8) is 0 Å². The molecule has 2 heterocycles. The van der Waals surface area contributed by atoms with Crippen molar-refractivity contribution in [2.24, 2.45) is 11.7 Å². The van der Waals surface area contributed by atoms with Gasteiger partial charge in [-0.3, -0.25) is 4.79 Å². The van der Waals surface area contributed by atoms with Crippen molar-refractivity contribution in [2.45, 2.75) is 26.8 Å². The molecule has 24 heavy (non-hydrogen) atoms. The number of H-pyrrole nitrogens is 1. The third kappa shape index (κ3) is 3.00. The lowest BCUT2D eigenvalue weighted by atomic mass is 10.0. The summed E-state index contributed by atoms with van der Waals surface area (Å²) in [5.41, 5.74) is 7.84. The molecule has 1 aromatic carbocycles. The number of aromatic amines is 1. The number of carbonyl (C=O) groups excluding carboxylic acids is 1. The summed E-state index contributed by atoms with van der Waals surface area (Å²) in [6, 6.07) is 5.35. The van der Waals surface area contributed by atoms with Gasteiger partial charge in [0.15, 0.2) is 0 Å². The Bertz CT molecular complexity index is 866. The second-order valence-electron chi connectivity index (χ2n) is 5.97. The Morgan fingerprint density at radius 2 is 2.17 bits per heavy atom. The Morgan fingerprint density at radius 1 is 1.38 bits per heavy atom. The zero-order chi connectivity index (χ0) is 17.3. The molecule has 0 aliphatic heterocycles. The number of hydrogen-bond donors (Lipinski definition) is 3. The van der Waals surface area contributed by atoms with E-state index in [1.165, 1.54) is 0 Å². The smallest absolute Gasteiger partial charge is 0.249 e. The number of nitrogens with two attached hydrogens (primary N) is 1. The molecular weight excluding hydrogens is 308 g/mol. The Balaban J connectivity index is 1.98. The van der Waals surface area contributed by atoms with E-state index in [1.807, 2.05) is 39.0 Å². The minimum absolute atomic E-state index is 0.0808. The molecule has 0 aliphatic rings. The van der Waals surface area contributed by atoms with Crippen LogP contribution in [-0.2, 0) is 4.79 Å². The van der Waals surface area contributed by atoms with Gasteiger partial charge in [-0.25, -0.2) is 4.98 Å². The monoisotopic (exact) mass is 328 g/mol. The van der Waals surface area contributed by atoms with Crippen LogP contribution in [0.3, 0.4) is 0 Å². The third-order valence-corrected chi connectivity index (χ3v) is 3.75. The van der Waals surface area contributed by atoms with Gasteiger partial charge in [-0.05, 0) is 25.0 Å². The van der Waals surface area contributed by atoms with Crippen LogP contribution >= 0.6 is 0 Å². The van der Waals surface area contributed by atoms with Crippen molar-refractivity contribution in [1.29, 1.82) is 0 Å². The summed E-state index contributed by atoms with van der Waals surface area (Å²) >= 11 is 0. The summed E-state index contributed by atoms with van der Waals surface area (Å²) in [5, 5.41) is 6.87. The fourth-order valence-electron chi connectivity index (χ4n) is 2.55. The van der Waals surface area contributed by atoms with E-state index in [0.717, 1.165) is 22.4 Å². The summed E-state index contributed by atoms with van der Waals surface area (Å²) in [6.07, 6.45) is 0. The van der Waals surface area contributed by atoms with Crippen LogP contribution in [0.4, 0.5) is 0 Å². The summed E-state index contributed by atoms with van der Waals surface area (Å²) < 4.78 is 5.39. The maximum Gasteiger partial charge on any atom is 0.249 e. The quantitative estimate of drug-likeness (QED) is 0.655. The predicted octanol–water partition coefficient (Wildman–Crippen LogP) is 1.69. The average Bonchev–Trinajstić information content (AvgIpc) is 3.17. The molecule has 0 radical (unpaired) electrons. The van der Waals surface area contributed by atoms with E-state index < -0.39 is 0 Å². The minimum atomic E-state index is -0.387. The molecule has 1 amide bonds. The molecule has 2 aromatic heterocycles. The molecule has 3 rings (SSSR count). The van der Waals surface area contributed by atoms with Gasteiger partial charge >= 0.3 is 0 Å². The zero-order valence-electron chi connectivity index (χ0n) is 13.8. The van der Waals surface area contributed by atoms with E-state index in [1.54, 1.807) is 0 Å².